The molecule has 0 unspecified atom stereocenters. The van der Waals surface area contributed by atoms with E-state index in [1.807, 2.05) is 18.8 Å². The van der Waals surface area contributed by atoms with Crippen molar-refractivity contribution in [2.75, 3.05) is 31.0 Å². The van der Waals surface area contributed by atoms with Crippen LogP contribution in [0.5, 0.6) is 0 Å². The number of benzene rings is 1. The first-order valence-electron chi connectivity index (χ1n) is 8.61. The molecule has 152 valence electrons. The fourth-order valence-corrected chi connectivity index (χ4v) is 3.44. The second-order valence-electron chi connectivity index (χ2n) is 5.78. The molecule has 0 atom stereocenters. The van der Waals surface area contributed by atoms with E-state index in [-0.39, 0.29) is 17.9 Å². The molecule has 11 heteroatoms. The number of carbonyl (C=O) groups excluding carboxylic acids is 1. The first-order valence-corrected chi connectivity index (χ1v) is 10.1. The summed E-state index contributed by atoms with van der Waals surface area (Å²) in [5.41, 5.74) is -1.44. The van der Waals surface area contributed by atoms with Gasteiger partial charge in [-0.25, -0.2) is 18.0 Å². The van der Waals surface area contributed by atoms with Crippen molar-refractivity contribution in [2.45, 2.75) is 18.7 Å². The number of ether oxygens (including phenoxy) is 1. The molecule has 0 aliphatic rings. The van der Waals surface area contributed by atoms with Crippen LogP contribution in [0.2, 0.25) is 0 Å². The van der Waals surface area contributed by atoms with Crippen LogP contribution in [0.15, 0.2) is 44.9 Å². The topological polar surface area (TPSA) is 141 Å². The summed E-state index contributed by atoms with van der Waals surface area (Å²) < 4.78 is 31.9. The van der Waals surface area contributed by atoms with Crippen molar-refractivity contribution in [1.29, 1.82) is 0 Å². The normalized spacial score (nSPS) is 11.4. The van der Waals surface area contributed by atoms with E-state index in [1.54, 1.807) is 0 Å². The van der Waals surface area contributed by atoms with E-state index in [9.17, 15) is 22.8 Å². The highest BCUT2D eigenvalue weighted by atomic mass is 32.2. The smallest absolute Gasteiger partial charge is 0.338 e. The van der Waals surface area contributed by atoms with Crippen molar-refractivity contribution in [1.82, 2.24) is 14.9 Å². The van der Waals surface area contributed by atoms with Gasteiger partial charge in [-0.15, -0.1) is 0 Å². The van der Waals surface area contributed by atoms with Crippen LogP contribution in [0, 0.1) is 0 Å². The number of esters is 1. The molecule has 1 aromatic heterocycles. The van der Waals surface area contributed by atoms with Crippen LogP contribution in [0.25, 0.3) is 0 Å². The minimum absolute atomic E-state index is 0.144. The van der Waals surface area contributed by atoms with Crippen molar-refractivity contribution in [2.24, 2.45) is 0 Å². The number of hydrogen-bond donors (Lipinski definition) is 3. The fraction of sp³-hybridized carbons (Fsp3) is 0.353. The second-order valence-corrected chi connectivity index (χ2v) is 7.43. The molecule has 0 aliphatic carbocycles. The molecule has 10 nitrogen and oxygen atoms in total. The Morgan fingerprint density at radius 3 is 2.36 bits per heavy atom. The number of aromatic nitrogens is 2. The number of sulfonamides is 1. The largest absolute Gasteiger partial charge is 0.461 e. The van der Waals surface area contributed by atoms with Crippen LogP contribution in [-0.4, -0.2) is 55.5 Å². The summed E-state index contributed by atoms with van der Waals surface area (Å²) in [7, 11) is -4.21. The van der Waals surface area contributed by atoms with Crippen LogP contribution in [0.1, 0.15) is 24.2 Å². The standard InChI is InChI=1S/C17H22N4O6S/c1-3-21(4-2)9-10-27-16(23)12-5-7-13(8-6-12)20-28(25,26)14-11-18-17(24)19-15(14)22/h5-8,11,20H,3-4,9-10H2,1-2H3,(H2,18,19,22,24). The molecule has 3 N–H and O–H groups in total. The van der Waals surface area contributed by atoms with Gasteiger partial charge in [-0.3, -0.25) is 14.5 Å². The summed E-state index contributed by atoms with van der Waals surface area (Å²) in [4.78, 5) is 40.1. The lowest BCUT2D eigenvalue weighted by Crippen LogP contribution is -2.29. The molecule has 28 heavy (non-hydrogen) atoms. The maximum absolute atomic E-state index is 12.3. The van der Waals surface area contributed by atoms with Gasteiger partial charge in [0.1, 0.15) is 6.61 Å². The molecule has 0 saturated carbocycles. The van der Waals surface area contributed by atoms with E-state index < -0.39 is 32.1 Å². The number of nitrogens with zero attached hydrogens (tertiary/aromatic N) is 1. The Hall–Kier alpha value is -2.92. The van der Waals surface area contributed by atoms with Crippen molar-refractivity contribution >= 4 is 21.7 Å². The quantitative estimate of drug-likeness (QED) is 0.507. The predicted molar refractivity (Wildman–Crippen MR) is 103 cm³/mol. The molecule has 0 bridgehead atoms. The second kappa shape index (κ2) is 9.33. The molecule has 1 heterocycles. The Morgan fingerprint density at radius 2 is 1.79 bits per heavy atom. The Balaban J connectivity index is 2.03. The lowest BCUT2D eigenvalue weighted by Gasteiger charge is -2.17. The fourth-order valence-electron chi connectivity index (χ4n) is 2.37. The van der Waals surface area contributed by atoms with Gasteiger partial charge < -0.3 is 14.6 Å². The van der Waals surface area contributed by atoms with Gasteiger partial charge in [0.25, 0.3) is 15.6 Å². The third-order valence-corrected chi connectivity index (χ3v) is 5.37. The summed E-state index contributed by atoms with van der Waals surface area (Å²) >= 11 is 0. The highest BCUT2D eigenvalue weighted by Gasteiger charge is 2.19. The van der Waals surface area contributed by atoms with Gasteiger partial charge in [-0.1, -0.05) is 13.8 Å². The van der Waals surface area contributed by atoms with Crippen LogP contribution < -0.4 is 16.0 Å². The van der Waals surface area contributed by atoms with Crippen LogP contribution >= 0.6 is 0 Å². The van der Waals surface area contributed by atoms with Gasteiger partial charge in [-0.05, 0) is 37.4 Å². The van der Waals surface area contributed by atoms with Gasteiger partial charge in [0.15, 0.2) is 4.90 Å². The minimum Gasteiger partial charge on any atom is -0.461 e. The average Bonchev–Trinajstić information content (AvgIpc) is 2.65. The van der Waals surface area contributed by atoms with Gasteiger partial charge in [0.05, 0.1) is 5.56 Å². The van der Waals surface area contributed by atoms with Crippen molar-refractivity contribution in [3.8, 4) is 0 Å². The summed E-state index contributed by atoms with van der Waals surface area (Å²) in [6.45, 7) is 6.65. The number of nitrogens with one attached hydrogen (secondary N) is 3. The van der Waals surface area contributed by atoms with E-state index in [2.05, 4.69) is 14.6 Å². The molecular formula is C17H22N4O6S. The zero-order valence-electron chi connectivity index (χ0n) is 15.5. The van der Waals surface area contributed by atoms with Gasteiger partial charge in [-0.2, -0.15) is 0 Å². The maximum Gasteiger partial charge on any atom is 0.338 e. The zero-order chi connectivity index (χ0) is 20.7. The number of likely N-dealkylation sites (N-methyl/N-ethyl adjacent to an activating group) is 1. The van der Waals surface area contributed by atoms with Crippen molar-refractivity contribution in [3.05, 3.63) is 56.9 Å². The molecule has 0 fully saturated rings. The zero-order valence-corrected chi connectivity index (χ0v) is 16.3. The van der Waals surface area contributed by atoms with Gasteiger partial charge in [0.2, 0.25) is 0 Å². The van der Waals surface area contributed by atoms with Gasteiger partial charge >= 0.3 is 11.7 Å². The van der Waals surface area contributed by atoms with E-state index in [0.29, 0.717) is 6.54 Å². The molecule has 1 aromatic carbocycles. The highest BCUT2D eigenvalue weighted by Crippen LogP contribution is 2.14. The molecule has 0 radical (unpaired) electrons. The van der Waals surface area contributed by atoms with Crippen molar-refractivity contribution in [3.63, 3.8) is 0 Å². The average molecular weight is 410 g/mol. The Bertz CT molecular complexity index is 1020. The van der Waals surface area contributed by atoms with Crippen LogP contribution in [0.4, 0.5) is 5.69 Å². The number of aromatic amines is 2. The monoisotopic (exact) mass is 410 g/mol. The maximum atomic E-state index is 12.3. The lowest BCUT2D eigenvalue weighted by atomic mass is 10.2. The third kappa shape index (κ3) is 5.54. The molecule has 0 saturated heterocycles. The van der Waals surface area contributed by atoms with E-state index >= 15 is 0 Å². The van der Waals surface area contributed by atoms with Crippen LogP contribution in [-0.2, 0) is 14.8 Å². The molecule has 0 aliphatic heterocycles. The molecule has 0 amide bonds. The van der Waals surface area contributed by atoms with E-state index in [0.717, 1.165) is 19.3 Å². The molecular weight excluding hydrogens is 388 g/mol. The van der Waals surface area contributed by atoms with E-state index in [4.69, 9.17) is 4.74 Å². The lowest BCUT2D eigenvalue weighted by molar-refractivity contribution is 0.0466. The van der Waals surface area contributed by atoms with E-state index in [1.165, 1.54) is 24.3 Å². The molecule has 0 spiro atoms. The summed E-state index contributed by atoms with van der Waals surface area (Å²) in [6.07, 6.45) is 0.811. The van der Waals surface area contributed by atoms with Gasteiger partial charge in [0, 0.05) is 18.4 Å². The first kappa shape index (κ1) is 21.4. The Kier molecular flexibility index (Phi) is 7.12. The Labute approximate surface area is 161 Å². The first-order chi connectivity index (χ1) is 13.3. The molecule has 2 rings (SSSR count). The number of carbonyl (C=O) groups is 1. The highest BCUT2D eigenvalue weighted by molar-refractivity contribution is 7.92. The number of anilines is 1. The number of H-pyrrole nitrogens is 2. The molecule has 2 aromatic rings. The SMILES string of the molecule is CCN(CC)CCOC(=O)c1ccc(NS(=O)(=O)c2c[nH]c(=O)[nH]c2=O)cc1. The minimum atomic E-state index is -4.21. The third-order valence-electron chi connectivity index (χ3n) is 3.98. The number of hydrogen-bond acceptors (Lipinski definition) is 7. The predicted octanol–water partition coefficient (Wildman–Crippen LogP) is 0.363. The van der Waals surface area contributed by atoms with Crippen LogP contribution in [0.3, 0.4) is 0 Å². The summed E-state index contributed by atoms with van der Waals surface area (Å²) in [5, 5.41) is 0. The summed E-state index contributed by atoms with van der Waals surface area (Å²) in [5.74, 6) is -0.515. The number of rotatable bonds is 9. The van der Waals surface area contributed by atoms with Crippen molar-refractivity contribution < 1.29 is 17.9 Å². The Morgan fingerprint density at radius 1 is 1.14 bits per heavy atom. The summed E-state index contributed by atoms with van der Waals surface area (Å²) in [6, 6.07) is 5.57.